The second-order valence-corrected chi connectivity index (χ2v) is 10.5. The van der Waals surface area contributed by atoms with Gasteiger partial charge in [0.2, 0.25) is 10.0 Å². The minimum Gasteiger partial charge on any atom is -0.481 e. The zero-order chi connectivity index (χ0) is 22.2. The lowest BCUT2D eigenvalue weighted by Gasteiger charge is -2.56. The maximum absolute atomic E-state index is 13.6. The van der Waals surface area contributed by atoms with Crippen LogP contribution in [0.4, 0.5) is 5.69 Å². The van der Waals surface area contributed by atoms with Crippen LogP contribution in [-0.4, -0.2) is 65.3 Å². The Morgan fingerprint density at radius 1 is 1.26 bits per heavy atom. The Kier molecular flexibility index (Phi) is 6.14. The Labute approximate surface area is 181 Å². The van der Waals surface area contributed by atoms with E-state index in [2.05, 4.69) is 4.90 Å². The van der Waals surface area contributed by atoms with Crippen molar-refractivity contribution >= 4 is 21.7 Å². The molecule has 3 saturated heterocycles. The van der Waals surface area contributed by atoms with Crippen molar-refractivity contribution < 1.29 is 23.2 Å². The van der Waals surface area contributed by atoms with Gasteiger partial charge in [-0.25, -0.2) is 8.42 Å². The van der Waals surface area contributed by atoms with E-state index in [9.17, 15) is 23.3 Å². The monoisotopic (exact) mass is 449 g/mol. The Morgan fingerprint density at radius 3 is 2.71 bits per heavy atom. The molecule has 31 heavy (non-hydrogen) atoms. The first kappa shape index (κ1) is 21.9. The molecule has 10 heteroatoms. The van der Waals surface area contributed by atoms with Crippen LogP contribution < -0.4 is 0 Å². The Balaban J connectivity index is 1.74. The van der Waals surface area contributed by atoms with E-state index >= 15 is 0 Å². The van der Waals surface area contributed by atoms with E-state index in [4.69, 9.17) is 5.11 Å². The number of non-ortho nitro benzene ring substituents is 1. The van der Waals surface area contributed by atoms with Crippen molar-refractivity contribution in [3.63, 3.8) is 0 Å². The molecule has 0 unspecified atom stereocenters. The smallest absolute Gasteiger partial charge is 0.307 e. The summed E-state index contributed by atoms with van der Waals surface area (Å²) in [6, 6.07) is 4.98. The third-order valence-electron chi connectivity index (χ3n) is 6.79. The van der Waals surface area contributed by atoms with Crippen molar-refractivity contribution in [2.75, 3.05) is 19.6 Å². The summed E-state index contributed by atoms with van der Waals surface area (Å²) in [4.78, 5) is 24.0. The molecule has 0 aliphatic carbocycles. The van der Waals surface area contributed by atoms with Gasteiger partial charge in [-0.05, 0) is 56.7 Å². The largest absolute Gasteiger partial charge is 0.481 e. The molecule has 0 saturated carbocycles. The number of nitro benzene ring substituents is 1. The summed E-state index contributed by atoms with van der Waals surface area (Å²) in [5, 5.41) is 20.2. The fraction of sp³-hybridized carbons (Fsp3) is 0.571. The minimum atomic E-state index is -3.99. The summed E-state index contributed by atoms with van der Waals surface area (Å²) in [6.07, 6.45) is 6.91. The lowest BCUT2D eigenvalue weighted by atomic mass is 9.70. The number of hydrogen-bond donors (Lipinski definition) is 1. The number of carbonyl (C=O) groups is 1. The average Bonchev–Trinajstić information content (AvgIpc) is 2.75. The van der Waals surface area contributed by atoms with E-state index in [1.165, 1.54) is 28.6 Å². The summed E-state index contributed by atoms with van der Waals surface area (Å²) in [5.74, 6) is -0.691. The van der Waals surface area contributed by atoms with Crippen LogP contribution in [0.3, 0.4) is 0 Å². The predicted octanol–water partition coefficient (Wildman–Crippen LogP) is 2.49. The number of benzene rings is 1. The van der Waals surface area contributed by atoms with Crippen LogP contribution in [0, 0.1) is 22.0 Å². The molecular weight excluding hydrogens is 422 g/mol. The molecule has 1 aromatic rings. The molecule has 3 heterocycles. The van der Waals surface area contributed by atoms with Gasteiger partial charge in [0.25, 0.3) is 5.69 Å². The maximum Gasteiger partial charge on any atom is 0.307 e. The van der Waals surface area contributed by atoms with Crippen LogP contribution in [0.15, 0.2) is 41.3 Å². The first-order valence-electron chi connectivity index (χ1n) is 10.7. The number of hydrogen-bond acceptors (Lipinski definition) is 6. The van der Waals surface area contributed by atoms with Gasteiger partial charge in [0.15, 0.2) is 0 Å². The van der Waals surface area contributed by atoms with Gasteiger partial charge in [0.05, 0.1) is 16.2 Å². The molecule has 1 aromatic carbocycles. The van der Waals surface area contributed by atoms with Gasteiger partial charge in [0, 0.05) is 30.8 Å². The van der Waals surface area contributed by atoms with Crippen LogP contribution in [0.2, 0.25) is 0 Å². The van der Waals surface area contributed by atoms with Crippen LogP contribution in [0.5, 0.6) is 0 Å². The number of piperidine rings is 3. The van der Waals surface area contributed by atoms with Crippen molar-refractivity contribution in [3.05, 3.63) is 46.5 Å². The summed E-state index contributed by atoms with van der Waals surface area (Å²) >= 11 is 0. The van der Waals surface area contributed by atoms with Gasteiger partial charge >= 0.3 is 5.97 Å². The number of carboxylic acid groups (broad SMARTS) is 1. The second-order valence-electron chi connectivity index (χ2n) is 8.58. The van der Waals surface area contributed by atoms with E-state index in [0.29, 0.717) is 12.6 Å². The molecule has 168 valence electrons. The summed E-state index contributed by atoms with van der Waals surface area (Å²) in [6.45, 7) is 2.37. The highest BCUT2D eigenvalue weighted by molar-refractivity contribution is 7.89. The lowest BCUT2D eigenvalue weighted by molar-refractivity contribution is -0.385. The third-order valence-corrected chi connectivity index (χ3v) is 8.65. The zero-order valence-corrected chi connectivity index (χ0v) is 18.0. The first-order chi connectivity index (χ1) is 14.8. The van der Waals surface area contributed by atoms with Crippen LogP contribution >= 0.6 is 0 Å². The topological polar surface area (TPSA) is 121 Å². The third kappa shape index (κ3) is 4.24. The van der Waals surface area contributed by atoms with Gasteiger partial charge in [-0.2, -0.15) is 4.31 Å². The number of carboxylic acids is 1. The number of nitrogens with zero attached hydrogens (tertiary/aromatic N) is 3. The Morgan fingerprint density at radius 2 is 2.00 bits per heavy atom. The van der Waals surface area contributed by atoms with Crippen molar-refractivity contribution in [1.82, 2.24) is 9.21 Å². The Bertz CT molecular complexity index is 993. The van der Waals surface area contributed by atoms with Crippen LogP contribution in [-0.2, 0) is 14.8 Å². The van der Waals surface area contributed by atoms with E-state index < -0.39 is 27.0 Å². The van der Waals surface area contributed by atoms with Crippen LogP contribution in [0.1, 0.15) is 32.1 Å². The maximum atomic E-state index is 13.6. The Hall–Kier alpha value is -2.30. The molecule has 3 aliphatic rings. The fourth-order valence-electron chi connectivity index (χ4n) is 5.59. The van der Waals surface area contributed by atoms with Gasteiger partial charge in [-0.1, -0.05) is 18.2 Å². The van der Waals surface area contributed by atoms with E-state index in [1.807, 2.05) is 0 Å². The molecule has 4 rings (SSSR count). The molecule has 3 aliphatic heterocycles. The standard InChI is InChI=1S/C21H27N3O6S/c25-20(26)10-2-9-19-18-8-4-12-22-11-3-5-15(21(18)22)14-23(19)31(29,30)17-7-1-6-16(13-17)24(27)28/h1-2,6-7,9,13,15,18-19,21H,3-5,8,10-12,14H2,(H,25,26)/b9-2-/t15-,18+,19+,21-/m0/s1. The molecule has 0 spiro atoms. The lowest BCUT2D eigenvalue weighted by Crippen LogP contribution is -2.65. The first-order valence-corrected chi connectivity index (χ1v) is 12.1. The van der Waals surface area contributed by atoms with Gasteiger partial charge in [-0.3, -0.25) is 19.8 Å². The average molecular weight is 450 g/mol. The molecule has 0 amide bonds. The summed E-state index contributed by atoms with van der Waals surface area (Å²) in [7, 11) is -3.99. The molecule has 0 aromatic heterocycles. The SMILES string of the molecule is O=C(O)C/C=C\[C@@H]1[C@H]2CCCN3CCC[C@@H](CN1S(=O)(=O)c1cccc([N+](=O)[O-])c1)[C@@H]23. The highest BCUT2D eigenvalue weighted by Gasteiger charge is 2.51. The zero-order valence-electron chi connectivity index (χ0n) is 17.2. The number of aliphatic carboxylic acids is 1. The fourth-order valence-corrected chi connectivity index (χ4v) is 7.32. The minimum absolute atomic E-state index is 0.0753. The van der Waals surface area contributed by atoms with Gasteiger partial charge < -0.3 is 5.11 Å². The van der Waals surface area contributed by atoms with E-state index in [1.54, 1.807) is 6.08 Å². The molecule has 1 N–H and O–H groups in total. The van der Waals surface area contributed by atoms with Crippen LogP contribution in [0.25, 0.3) is 0 Å². The molecule has 9 nitrogen and oxygen atoms in total. The highest BCUT2D eigenvalue weighted by Crippen LogP contribution is 2.44. The molecule has 4 atom stereocenters. The normalized spacial score (nSPS) is 29.5. The van der Waals surface area contributed by atoms with Gasteiger partial charge in [-0.15, -0.1) is 0 Å². The summed E-state index contributed by atoms with van der Waals surface area (Å²) in [5.41, 5.74) is -0.268. The van der Waals surface area contributed by atoms with E-state index in [-0.39, 0.29) is 28.8 Å². The van der Waals surface area contributed by atoms with Crippen molar-refractivity contribution in [2.45, 2.75) is 49.1 Å². The van der Waals surface area contributed by atoms with E-state index in [0.717, 1.165) is 44.8 Å². The quantitative estimate of drug-likeness (QED) is 0.402. The van der Waals surface area contributed by atoms with Crippen molar-refractivity contribution in [2.24, 2.45) is 11.8 Å². The summed E-state index contributed by atoms with van der Waals surface area (Å²) < 4.78 is 28.8. The number of nitro groups is 1. The molecule has 3 fully saturated rings. The number of rotatable bonds is 6. The van der Waals surface area contributed by atoms with Gasteiger partial charge in [0.1, 0.15) is 0 Å². The van der Waals surface area contributed by atoms with Crippen molar-refractivity contribution in [1.29, 1.82) is 0 Å². The molecule has 0 radical (unpaired) electrons. The molecule has 0 bridgehead atoms. The predicted molar refractivity (Wildman–Crippen MR) is 113 cm³/mol. The molecular formula is C21H27N3O6S. The van der Waals surface area contributed by atoms with Crippen molar-refractivity contribution in [3.8, 4) is 0 Å². The second kappa shape index (κ2) is 8.68. The highest BCUT2D eigenvalue weighted by atomic mass is 32.2. The number of sulfonamides is 1.